The molecule has 0 radical (unpaired) electrons. The molecule has 0 saturated heterocycles. The molecule has 1 aromatic carbocycles. The van der Waals surface area contributed by atoms with Crippen LogP contribution in [0, 0.1) is 6.92 Å². The highest BCUT2D eigenvalue weighted by molar-refractivity contribution is 5.87. The van der Waals surface area contributed by atoms with E-state index in [1.807, 2.05) is 58.9 Å². The molecule has 0 atom stereocenters. The van der Waals surface area contributed by atoms with Gasteiger partial charge >= 0.3 is 6.09 Å². The Hall–Kier alpha value is -2.89. The van der Waals surface area contributed by atoms with E-state index in [-0.39, 0.29) is 11.1 Å². The highest BCUT2D eigenvalue weighted by Crippen LogP contribution is 2.17. The number of hydrogen-bond acceptors (Lipinski definition) is 4. The number of nitrogens with zero attached hydrogens (tertiary/aromatic N) is 3. The van der Waals surface area contributed by atoms with Crippen LogP contribution < -0.4 is 5.56 Å². The Bertz CT molecular complexity index is 1050. The predicted molar refractivity (Wildman–Crippen MR) is 105 cm³/mol. The maximum Gasteiger partial charge on any atom is 0.420 e. The molecule has 3 rings (SSSR count). The largest absolute Gasteiger partial charge is 0.443 e. The second-order valence-corrected chi connectivity index (χ2v) is 7.67. The van der Waals surface area contributed by atoms with Gasteiger partial charge in [-0.1, -0.05) is 36.8 Å². The molecule has 0 saturated carbocycles. The van der Waals surface area contributed by atoms with Gasteiger partial charge in [-0.05, 0) is 39.3 Å². The molecule has 0 amide bonds. The molecule has 142 valence electrons. The first kappa shape index (κ1) is 18.9. The van der Waals surface area contributed by atoms with Crippen molar-refractivity contribution in [2.24, 2.45) is 0 Å². The lowest BCUT2D eigenvalue weighted by Gasteiger charge is -2.20. The number of hydrogen-bond donors (Lipinski definition) is 0. The fraction of sp³-hybridized carbons (Fsp3) is 0.381. The molecule has 0 bridgehead atoms. The molecule has 3 aromatic rings. The van der Waals surface area contributed by atoms with Crippen LogP contribution in [-0.2, 0) is 17.7 Å². The SMILES string of the molecule is CCc1nc2c(=O)n(Cc3cccc(C)c3)ccc2n1C(=O)OC(C)(C)C. The molecule has 6 heteroatoms. The Morgan fingerprint density at radius 2 is 1.96 bits per heavy atom. The molecule has 2 heterocycles. The van der Waals surface area contributed by atoms with Crippen molar-refractivity contribution in [1.82, 2.24) is 14.1 Å². The number of carbonyl (C=O) groups excluding carboxylic acids is 1. The number of aryl methyl sites for hydroxylation is 2. The first-order valence-corrected chi connectivity index (χ1v) is 9.09. The van der Waals surface area contributed by atoms with Gasteiger partial charge in [0.2, 0.25) is 0 Å². The van der Waals surface area contributed by atoms with Gasteiger partial charge in [0.05, 0.1) is 12.1 Å². The van der Waals surface area contributed by atoms with Crippen LogP contribution in [0.3, 0.4) is 0 Å². The van der Waals surface area contributed by atoms with Crippen molar-refractivity contribution in [3.63, 3.8) is 0 Å². The second-order valence-electron chi connectivity index (χ2n) is 7.67. The summed E-state index contributed by atoms with van der Waals surface area (Å²) in [6, 6.07) is 9.78. The lowest BCUT2D eigenvalue weighted by Crippen LogP contribution is -2.28. The van der Waals surface area contributed by atoms with E-state index in [9.17, 15) is 9.59 Å². The number of aromatic nitrogens is 3. The summed E-state index contributed by atoms with van der Waals surface area (Å²) in [6.45, 7) is 9.80. The molecule has 0 aliphatic heterocycles. The molecule has 0 aliphatic rings. The molecule has 0 unspecified atom stereocenters. The van der Waals surface area contributed by atoms with Gasteiger partial charge in [-0.15, -0.1) is 0 Å². The van der Waals surface area contributed by atoms with E-state index in [2.05, 4.69) is 4.98 Å². The van der Waals surface area contributed by atoms with Crippen LogP contribution in [0.25, 0.3) is 11.0 Å². The van der Waals surface area contributed by atoms with E-state index in [1.54, 1.807) is 16.8 Å². The van der Waals surface area contributed by atoms with Crippen molar-refractivity contribution in [2.45, 2.75) is 53.2 Å². The van der Waals surface area contributed by atoms with Gasteiger partial charge in [0.25, 0.3) is 5.56 Å². The minimum atomic E-state index is -0.626. The van der Waals surface area contributed by atoms with Crippen molar-refractivity contribution in [3.05, 3.63) is 63.8 Å². The van der Waals surface area contributed by atoms with Crippen molar-refractivity contribution >= 4 is 17.1 Å². The van der Waals surface area contributed by atoms with E-state index >= 15 is 0 Å². The number of fused-ring (bicyclic) bond motifs is 1. The van der Waals surface area contributed by atoms with Gasteiger partial charge in [-0.25, -0.2) is 14.3 Å². The smallest absolute Gasteiger partial charge is 0.420 e. The minimum Gasteiger partial charge on any atom is -0.443 e. The lowest BCUT2D eigenvalue weighted by atomic mass is 10.1. The van der Waals surface area contributed by atoms with Crippen molar-refractivity contribution in [1.29, 1.82) is 0 Å². The molecule has 2 aromatic heterocycles. The standard InChI is InChI=1S/C21H25N3O3/c1-6-17-22-18-16(24(17)20(26)27-21(3,4)5)10-11-23(19(18)25)13-15-9-7-8-14(2)12-15/h7-12H,6,13H2,1-5H3. The normalized spacial score (nSPS) is 11.7. The van der Waals surface area contributed by atoms with E-state index in [1.165, 1.54) is 4.57 Å². The van der Waals surface area contributed by atoms with E-state index in [4.69, 9.17) is 4.74 Å². The van der Waals surface area contributed by atoms with Crippen molar-refractivity contribution in [3.8, 4) is 0 Å². The van der Waals surface area contributed by atoms with Crippen molar-refractivity contribution < 1.29 is 9.53 Å². The third-order valence-corrected chi connectivity index (χ3v) is 4.19. The Morgan fingerprint density at radius 3 is 2.59 bits per heavy atom. The molecule has 0 N–H and O–H groups in total. The molecule has 0 spiro atoms. The predicted octanol–water partition coefficient (Wildman–Crippen LogP) is 3.90. The van der Waals surface area contributed by atoms with Crippen molar-refractivity contribution in [2.75, 3.05) is 0 Å². The summed E-state index contributed by atoms with van der Waals surface area (Å²) >= 11 is 0. The van der Waals surface area contributed by atoms with Crippen LogP contribution in [-0.4, -0.2) is 25.8 Å². The van der Waals surface area contributed by atoms with Gasteiger partial charge < -0.3 is 9.30 Å². The summed E-state index contributed by atoms with van der Waals surface area (Å²) in [5.74, 6) is 0.518. The van der Waals surface area contributed by atoms with E-state index in [0.29, 0.717) is 24.3 Å². The molecule has 27 heavy (non-hydrogen) atoms. The third-order valence-electron chi connectivity index (χ3n) is 4.19. The Labute approximate surface area is 158 Å². The Kier molecular flexibility index (Phi) is 4.91. The van der Waals surface area contributed by atoms with E-state index in [0.717, 1.165) is 11.1 Å². The number of ether oxygens (including phenoxy) is 1. The first-order valence-electron chi connectivity index (χ1n) is 9.09. The van der Waals surface area contributed by atoms with Crippen LogP contribution >= 0.6 is 0 Å². The zero-order valence-electron chi connectivity index (χ0n) is 16.4. The van der Waals surface area contributed by atoms with Crippen LogP contribution in [0.4, 0.5) is 4.79 Å². The average Bonchev–Trinajstić information content (AvgIpc) is 2.95. The highest BCUT2D eigenvalue weighted by atomic mass is 16.6. The summed E-state index contributed by atoms with van der Waals surface area (Å²) in [6.07, 6.45) is 1.71. The molecular weight excluding hydrogens is 342 g/mol. The number of imidazole rings is 1. The van der Waals surface area contributed by atoms with Crippen LogP contribution in [0.15, 0.2) is 41.3 Å². The summed E-state index contributed by atoms with van der Waals surface area (Å²) < 4.78 is 8.50. The average molecular weight is 367 g/mol. The summed E-state index contributed by atoms with van der Waals surface area (Å²) in [5, 5.41) is 0. The second kappa shape index (κ2) is 7.02. The third kappa shape index (κ3) is 3.94. The van der Waals surface area contributed by atoms with Crippen LogP contribution in [0.2, 0.25) is 0 Å². The quantitative estimate of drug-likeness (QED) is 0.704. The number of benzene rings is 1. The summed E-state index contributed by atoms with van der Waals surface area (Å²) in [4.78, 5) is 30.0. The Balaban J connectivity index is 2.07. The maximum atomic E-state index is 12.9. The zero-order chi connectivity index (χ0) is 19.8. The molecule has 0 fully saturated rings. The van der Waals surface area contributed by atoms with Gasteiger partial charge in [0, 0.05) is 12.6 Å². The monoisotopic (exact) mass is 367 g/mol. The lowest BCUT2D eigenvalue weighted by molar-refractivity contribution is 0.0539. The maximum absolute atomic E-state index is 12.9. The topological polar surface area (TPSA) is 66.1 Å². The van der Waals surface area contributed by atoms with Gasteiger partial charge in [-0.2, -0.15) is 0 Å². The number of pyridine rings is 1. The zero-order valence-corrected chi connectivity index (χ0v) is 16.4. The van der Waals surface area contributed by atoms with E-state index < -0.39 is 11.7 Å². The van der Waals surface area contributed by atoms with Crippen LogP contribution in [0.5, 0.6) is 0 Å². The molecule has 6 nitrogen and oxygen atoms in total. The van der Waals surface area contributed by atoms with Gasteiger partial charge in [-0.3, -0.25) is 4.79 Å². The fourth-order valence-corrected chi connectivity index (χ4v) is 3.04. The first-order chi connectivity index (χ1) is 12.7. The summed E-state index contributed by atoms with van der Waals surface area (Å²) in [5.41, 5.74) is 2.10. The number of rotatable bonds is 3. The molecular formula is C21H25N3O3. The Morgan fingerprint density at radius 1 is 1.22 bits per heavy atom. The number of carbonyl (C=O) groups is 1. The van der Waals surface area contributed by atoms with Crippen LogP contribution in [0.1, 0.15) is 44.6 Å². The fourth-order valence-electron chi connectivity index (χ4n) is 3.04. The van der Waals surface area contributed by atoms with Gasteiger partial charge in [0.1, 0.15) is 11.4 Å². The highest BCUT2D eigenvalue weighted by Gasteiger charge is 2.23. The minimum absolute atomic E-state index is 0.217. The molecule has 0 aliphatic carbocycles. The summed E-state index contributed by atoms with van der Waals surface area (Å²) in [7, 11) is 0. The van der Waals surface area contributed by atoms with Gasteiger partial charge in [0.15, 0.2) is 5.52 Å².